The van der Waals surface area contributed by atoms with Gasteiger partial charge in [0.1, 0.15) is 11.1 Å². The van der Waals surface area contributed by atoms with Gasteiger partial charge < -0.3 is 20.1 Å². The Morgan fingerprint density at radius 3 is 2.85 bits per heavy atom. The lowest BCUT2D eigenvalue weighted by Gasteiger charge is -2.19. The molecule has 1 aromatic heterocycles. The molecule has 6 nitrogen and oxygen atoms in total. The zero-order chi connectivity index (χ0) is 23.5. The molecule has 5 rings (SSSR count). The van der Waals surface area contributed by atoms with Crippen LogP contribution in [0.5, 0.6) is 11.8 Å². The molecule has 2 aromatic rings. The number of nitrogens with one attached hydrogen (secondary N) is 2. The minimum absolute atomic E-state index is 0.0659. The number of ether oxygens (including phenoxy) is 2. The predicted molar refractivity (Wildman–Crippen MR) is 133 cm³/mol. The average Bonchev–Trinajstić information content (AvgIpc) is 3.47. The van der Waals surface area contributed by atoms with Crippen molar-refractivity contribution >= 4 is 23.1 Å². The second-order valence-electron chi connectivity index (χ2n) is 9.37. The van der Waals surface area contributed by atoms with Crippen LogP contribution in [0, 0.1) is 0 Å². The van der Waals surface area contributed by atoms with Crippen LogP contribution >= 0.6 is 11.6 Å². The van der Waals surface area contributed by atoms with E-state index in [0.29, 0.717) is 36.3 Å². The number of carbonyl (C=O) groups is 1. The summed E-state index contributed by atoms with van der Waals surface area (Å²) in [4.78, 5) is 16.0. The molecule has 0 spiro atoms. The Hall–Kier alpha value is -2.57. The van der Waals surface area contributed by atoms with Gasteiger partial charge in [0.2, 0.25) is 17.7 Å². The fraction of sp³-hybridized carbons (Fsp3) is 0.481. The molecule has 0 radical (unpaired) electrons. The van der Waals surface area contributed by atoms with Crippen molar-refractivity contribution in [2.45, 2.75) is 70.1 Å². The van der Waals surface area contributed by atoms with Crippen LogP contribution in [0.15, 0.2) is 30.3 Å². The maximum atomic E-state index is 11.4. The first-order valence-electron chi connectivity index (χ1n) is 12.3. The molecule has 2 heterocycles. The van der Waals surface area contributed by atoms with Crippen LogP contribution in [0.3, 0.4) is 0 Å². The standard InChI is InChI=1S/C27H32ClN3O3/c1-33-26-18(15-29-16-19-10-13-25(32)30-19)14-23(28)27(31-26)34-24-12-11-21-20(8-5-9-22(21)24)17-6-3-2-4-7-17/h5-6,8-9,14,19,24,29H,2-4,7,10-13,15-16H2,1H3,(H,30,32)/t19?,24-/m0/s1. The predicted octanol–water partition coefficient (Wildman–Crippen LogP) is 5.14. The molecular formula is C27H32ClN3O3. The molecule has 1 amide bonds. The van der Waals surface area contributed by atoms with Crippen LogP contribution in [0.25, 0.3) is 5.57 Å². The number of allylic oxidation sites excluding steroid dienone is 2. The monoisotopic (exact) mass is 481 g/mol. The maximum Gasteiger partial charge on any atom is 0.236 e. The number of aromatic nitrogens is 1. The molecule has 2 N–H and O–H groups in total. The first-order valence-corrected chi connectivity index (χ1v) is 12.7. The summed E-state index contributed by atoms with van der Waals surface area (Å²) in [5.41, 5.74) is 6.38. The second kappa shape index (κ2) is 10.4. The third kappa shape index (κ3) is 4.93. The largest absolute Gasteiger partial charge is 0.481 e. The number of benzene rings is 1. The number of hydrogen-bond acceptors (Lipinski definition) is 5. The number of methoxy groups -OCH3 is 1. The van der Waals surface area contributed by atoms with Gasteiger partial charge in [-0.1, -0.05) is 35.9 Å². The van der Waals surface area contributed by atoms with E-state index in [1.54, 1.807) is 7.11 Å². The fourth-order valence-corrected chi connectivity index (χ4v) is 5.57. The molecule has 2 aliphatic carbocycles. The molecule has 1 aliphatic heterocycles. The van der Waals surface area contributed by atoms with E-state index in [1.807, 2.05) is 6.07 Å². The number of fused-ring (bicyclic) bond motifs is 1. The van der Waals surface area contributed by atoms with Crippen molar-refractivity contribution in [3.8, 4) is 11.8 Å². The lowest BCUT2D eigenvalue weighted by Crippen LogP contribution is -2.35. The van der Waals surface area contributed by atoms with Gasteiger partial charge in [0.05, 0.1) is 7.11 Å². The number of hydrogen-bond donors (Lipinski definition) is 2. The van der Waals surface area contributed by atoms with E-state index in [0.717, 1.165) is 31.2 Å². The van der Waals surface area contributed by atoms with Crippen molar-refractivity contribution in [1.29, 1.82) is 0 Å². The van der Waals surface area contributed by atoms with Crippen molar-refractivity contribution in [2.75, 3.05) is 13.7 Å². The van der Waals surface area contributed by atoms with Crippen molar-refractivity contribution in [3.05, 3.63) is 57.6 Å². The van der Waals surface area contributed by atoms with Gasteiger partial charge in [-0.2, -0.15) is 4.98 Å². The minimum Gasteiger partial charge on any atom is -0.481 e. The van der Waals surface area contributed by atoms with Crippen LogP contribution in [0.4, 0.5) is 0 Å². The first-order chi connectivity index (χ1) is 16.6. The number of amides is 1. The van der Waals surface area contributed by atoms with Gasteiger partial charge in [0, 0.05) is 31.1 Å². The third-order valence-electron chi connectivity index (χ3n) is 7.07. The molecule has 180 valence electrons. The van der Waals surface area contributed by atoms with Gasteiger partial charge in [0.15, 0.2) is 0 Å². The molecule has 1 aromatic carbocycles. The van der Waals surface area contributed by atoms with Crippen molar-refractivity contribution in [3.63, 3.8) is 0 Å². The summed E-state index contributed by atoms with van der Waals surface area (Å²) >= 11 is 6.61. The van der Waals surface area contributed by atoms with Crippen molar-refractivity contribution in [1.82, 2.24) is 15.6 Å². The molecule has 3 aliphatic rings. The van der Waals surface area contributed by atoms with Crippen LogP contribution < -0.4 is 20.1 Å². The third-order valence-corrected chi connectivity index (χ3v) is 7.34. The van der Waals surface area contributed by atoms with Crippen LogP contribution in [-0.2, 0) is 17.8 Å². The van der Waals surface area contributed by atoms with Gasteiger partial charge in [0.25, 0.3) is 0 Å². The highest BCUT2D eigenvalue weighted by Gasteiger charge is 2.29. The molecule has 0 bridgehead atoms. The Kier molecular flexibility index (Phi) is 7.07. The lowest BCUT2D eigenvalue weighted by atomic mass is 9.89. The molecule has 2 atom stereocenters. The molecule has 34 heavy (non-hydrogen) atoms. The van der Waals surface area contributed by atoms with Crippen molar-refractivity contribution < 1.29 is 14.3 Å². The number of rotatable bonds is 8. The highest BCUT2D eigenvalue weighted by Crippen LogP contribution is 2.41. The van der Waals surface area contributed by atoms with Gasteiger partial charge >= 0.3 is 0 Å². The summed E-state index contributed by atoms with van der Waals surface area (Å²) in [5, 5.41) is 6.81. The van der Waals surface area contributed by atoms with E-state index in [1.165, 1.54) is 41.5 Å². The normalized spacial score (nSPS) is 21.7. The summed E-state index contributed by atoms with van der Waals surface area (Å²) in [6.07, 6.45) is 10.6. The molecular weight excluding hydrogens is 450 g/mol. The maximum absolute atomic E-state index is 11.4. The Bertz CT molecular complexity index is 1100. The average molecular weight is 482 g/mol. The van der Waals surface area contributed by atoms with Gasteiger partial charge in [-0.25, -0.2) is 0 Å². The first kappa shape index (κ1) is 23.2. The summed E-state index contributed by atoms with van der Waals surface area (Å²) in [5.74, 6) is 1.03. The Morgan fingerprint density at radius 2 is 2.09 bits per heavy atom. The van der Waals surface area contributed by atoms with Crippen LogP contribution in [-0.4, -0.2) is 30.6 Å². The quantitative estimate of drug-likeness (QED) is 0.546. The van der Waals surface area contributed by atoms with E-state index in [-0.39, 0.29) is 18.1 Å². The molecule has 0 saturated carbocycles. The van der Waals surface area contributed by atoms with Crippen LogP contribution in [0.1, 0.15) is 73.3 Å². The lowest BCUT2D eigenvalue weighted by molar-refractivity contribution is -0.119. The number of nitrogens with zero attached hydrogens (tertiary/aromatic N) is 1. The minimum atomic E-state index is -0.0659. The fourth-order valence-electron chi connectivity index (χ4n) is 5.35. The van der Waals surface area contributed by atoms with E-state index in [9.17, 15) is 4.79 Å². The van der Waals surface area contributed by atoms with E-state index in [2.05, 4.69) is 39.9 Å². The van der Waals surface area contributed by atoms with E-state index >= 15 is 0 Å². The number of carbonyl (C=O) groups excluding carboxylic acids is 1. The molecule has 1 unspecified atom stereocenters. The summed E-state index contributed by atoms with van der Waals surface area (Å²) in [6, 6.07) is 8.60. The van der Waals surface area contributed by atoms with Crippen LogP contribution in [0.2, 0.25) is 5.02 Å². The van der Waals surface area contributed by atoms with E-state index < -0.39 is 0 Å². The topological polar surface area (TPSA) is 72.5 Å². The Balaban J connectivity index is 1.29. The molecule has 1 fully saturated rings. The molecule has 1 saturated heterocycles. The smallest absolute Gasteiger partial charge is 0.236 e. The summed E-state index contributed by atoms with van der Waals surface area (Å²) in [6.45, 7) is 1.25. The highest BCUT2D eigenvalue weighted by atomic mass is 35.5. The summed E-state index contributed by atoms with van der Waals surface area (Å²) in [7, 11) is 1.61. The second-order valence-corrected chi connectivity index (χ2v) is 9.78. The zero-order valence-electron chi connectivity index (χ0n) is 19.7. The Morgan fingerprint density at radius 1 is 1.18 bits per heavy atom. The zero-order valence-corrected chi connectivity index (χ0v) is 20.4. The van der Waals surface area contributed by atoms with Gasteiger partial charge in [-0.3, -0.25) is 4.79 Å². The summed E-state index contributed by atoms with van der Waals surface area (Å²) < 4.78 is 11.9. The van der Waals surface area contributed by atoms with Gasteiger partial charge in [-0.05, 0) is 73.3 Å². The molecule has 7 heteroatoms. The van der Waals surface area contributed by atoms with Gasteiger partial charge in [-0.15, -0.1) is 0 Å². The van der Waals surface area contributed by atoms with E-state index in [4.69, 9.17) is 21.1 Å². The SMILES string of the molecule is COc1nc(O[C@H]2CCc3c(C4=CCCCC4)cccc32)c(Cl)cc1CNCC1CCC(=O)N1. The number of halogens is 1. The Labute approximate surface area is 206 Å². The highest BCUT2D eigenvalue weighted by molar-refractivity contribution is 6.31. The van der Waals surface area contributed by atoms with Crippen molar-refractivity contribution in [2.24, 2.45) is 0 Å². The number of pyridine rings is 1.